The van der Waals surface area contributed by atoms with E-state index in [4.69, 9.17) is 4.98 Å². The van der Waals surface area contributed by atoms with Gasteiger partial charge in [-0.2, -0.15) is 5.26 Å². The molecule has 11 heteroatoms. The highest BCUT2D eigenvalue weighted by molar-refractivity contribution is 7.91. The second-order valence-electron chi connectivity index (χ2n) is 13.0. The van der Waals surface area contributed by atoms with E-state index in [-0.39, 0.29) is 27.9 Å². The SMILES string of the molecule is CC(c1cc2c(S(C)(=O)=O)cn(-c3cc(-c4ccc(C#N)cc4-c4nccn4C)cc(C4CC4)n3)c(=O)c2[nH]1)N1CCC[C@H](C)C1. The number of hydrogen-bond acceptors (Lipinski definition) is 7. The monoisotopic (exact) mass is 635 g/mol. The lowest BCUT2D eigenvalue weighted by atomic mass is 9.96. The zero-order valence-corrected chi connectivity index (χ0v) is 27.3. The van der Waals surface area contributed by atoms with Gasteiger partial charge in [0, 0.05) is 72.7 Å². The molecule has 1 saturated heterocycles. The number of aromatic nitrogens is 5. The van der Waals surface area contributed by atoms with Gasteiger partial charge in [0.25, 0.3) is 5.56 Å². The molecule has 2 fully saturated rings. The maximum absolute atomic E-state index is 14.2. The van der Waals surface area contributed by atoms with E-state index in [9.17, 15) is 18.5 Å². The topological polar surface area (TPSA) is 130 Å². The summed E-state index contributed by atoms with van der Waals surface area (Å²) in [5.74, 6) is 1.89. The van der Waals surface area contributed by atoms with E-state index < -0.39 is 9.84 Å². The van der Waals surface area contributed by atoms with Crippen molar-refractivity contribution in [2.24, 2.45) is 13.0 Å². The van der Waals surface area contributed by atoms with Gasteiger partial charge in [0.2, 0.25) is 0 Å². The summed E-state index contributed by atoms with van der Waals surface area (Å²) < 4.78 is 29.7. The molecule has 7 rings (SSSR count). The minimum absolute atomic E-state index is 0.000687. The fourth-order valence-electron chi connectivity index (χ4n) is 6.75. The molecule has 4 aromatic heterocycles. The number of likely N-dealkylation sites (tertiary alicyclic amines) is 1. The molecule has 1 saturated carbocycles. The molecule has 2 atom stereocenters. The Labute approximate surface area is 268 Å². The number of rotatable bonds is 7. The van der Waals surface area contributed by atoms with E-state index in [1.807, 2.05) is 48.1 Å². The van der Waals surface area contributed by atoms with E-state index >= 15 is 0 Å². The Hall–Kier alpha value is -4.53. The highest BCUT2D eigenvalue weighted by Gasteiger charge is 2.29. The molecule has 0 radical (unpaired) electrons. The summed E-state index contributed by atoms with van der Waals surface area (Å²) in [7, 11) is -1.81. The number of fused-ring (bicyclic) bond motifs is 1. The van der Waals surface area contributed by atoms with Gasteiger partial charge < -0.3 is 9.55 Å². The van der Waals surface area contributed by atoms with Crippen LogP contribution < -0.4 is 5.56 Å². The molecule has 46 heavy (non-hydrogen) atoms. The molecular weight excluding hydrogens is 598 g/mol. The van der Waals surface area contributed by atoms with Gasteiger partial charge in [-0.15, -0.1) is 0 Å². The van der Waals surface area contributed by atoms with Crippen LogP contribution in [0.1, 0.15) is 68.4 Å². The third-order valence-electron chi connectivity index (χ3n) is 9.46. The van der Waals surface area contributed by atoms with Crippen molar-refractivity contribution in [1.82, 2.24) is 29.0 Å². The first kappa shape index (κ1) is 30.1. The lowest BCUT2D eigenvalue weighted by Gasteiger charge is -2.35. The van der Waals surface area contributed by atoms with E-state index in [0.29, 0.717) is 28.5 Å². The number of piperidine rings is 1. The fraction of sp³-hybridized carbons (Fsp3) is 0.371. The maximum Gasteiger partial charge on any atom is 0.280 e. The molecule has 10 nitrogen and oxygen atoms in total. The van der Waals surface area contributed by atoms with Crippen molar-refractivity contribution in [2.75, 3.05) is 19.3 Å². The van der Waals surface area contributed by atoms with E-state index in [2.05, 4.69) is 34.8 Å². The van der Waals surface area contributed by atoms with Crippen LogP contribution in [0.5, 0.6) is 0 Å². The van der Waals surface area contributed by atoms with Crippen LogP contribution in [-0.4, -0.2) is 56.7 Å². The third-order valence-corrected chi connectivity index (χ3v) is 10.6. The summed E-state index contributed by atoms with van der Waals surface area (Å²) in [6.45, 7) is 6.26. The minimum atomic E-state index is -3.71. The molecule has 5 aromatic rings. The van der Waals surface area contributed by atoms with E-state index in [0.717, 1.165) is 60.4 Å². The van der Waals surface area contributed by atoms with Crippen molar-refractivity contribution in [2.45, 2.75) is 56.4 Å². The number of aryl methyl sites for hydroxylation is 1. The Morgan fingerprint density at radius 3 is 2.59 bits per heavy atom. The number of nitriles is 1. The average Bonchev–Trinajstić information content (AvgIpc) is 3.65. The van der Waals surface area contributed by atoms with Gasteiger partial charge in [-0.3, -0.25) is 14.3 Å². The molecule has 2 aliphatic rings. The zero-order valence-electron chi connectivity index (χ0n) is 26.5. The number of sulfone groups is 1. The molecule has 5 heterocycles. The Bertz CT molecular complexity index is 2200. The van der Waals surface area contributed by atoms with Crippen molar-refractivity contribution >= 4 is 20.7 Å². The smallest absolute Gasteiger partial charge is 0.280 e. The van der Waals surface area contributed by atoms with Gasteiger partial charge in [0.1, 0.15) is 17.2 Å². The number of benzene rings is 1. The largest absolute Gasteiger partial charge is 0.353 e. The molecule has 1 aliphatic heterocycles. The van der Waals surface area contributed by atoms with Gasteiger partial charge >= 0.3 is 0 Å². The molecule has 1 N–H and O–H groups in total. The molecule has 0 bridgehead atoms. The van der Waals surface area contributed by atoms with Gasteiger partial charge in [0.15, 0.2) is 9.84 Å². The maximum atomic E-state index is 14.2. The van der Waals surface area contributed by atoms with Crippen molar-refractivity contribution < 1.29 is 8.42 Å². The Morgan fingerprint density at radius 1 is 1.11 bits per heavy atom. The number of nitrogens with zero attached hydrogens (tertiary/aromatic N) is 6. The number of aromatic amines is 1. The Kier molecular flexibility index (Phi) is 7.45. The predicted octanol–water partition coefficient (Wildman–Crippen LogP) is 5.73. The van der Waals surface area contributed by atoms with Crippen molar-refractivity contribution in [3.05, 3.63) is 82.3 Å². The van der Waals surface area contributed by atoms with Gasteiger partial charge in [0.05, 0.1) is 16.5 Å². The molecule has 0 spiro atoms. The first-order valence-electron chi connectivity index (χ1n) is 15.8. The number of nitrogens with one attached hydrogen (secondary N) is 1. The highest BCUT2D eigenvalue weighted by atomic mass is 32.2. The number of hydrogen-bond donors (Lipinski definition) is 1. The quantitative estimate of drug-likeness (QED) is 0.242. The van der Waals surface area contributed by atoms with Crippen molar-refractivity contribution in [3.8, 4) is 34.4 Å². The summed E-state index contributed by atoms with van der Waals surface area (Å²) in [5.41, 5.74) is 4.49. The second kappa shape index (κ2) is 11.4. The van der Waals surface area contributed by atoms with Crippen molar-refractivity contribution in [3.63, 3.8) is 0 Å². The van der Waals surface area contributed by atoms with Crippen LogP contribution in [0.3, 0.4) is 0 Å². The molecule has 1 unspecified atom stereocenters. The van der Waals surface area contributed by atoms with Crippen LogP contribution in [0, 0.1) is 17.2 Å². The van der Waals surface area contributed by atoms with Gasteiger partial charge in [-0.1, -0.05) is 13.0 Å². The summed E-state index contributed by atoms with van der Waals surface area (Å²) in [6.07, 6.45) is 10.4. The van der Waals surface area contributed by atoms with Crippen LogP contribution in [0.2, 0.25) is 0 Å². The molecular formula is C35H37N7O3S. The van der Waals surface area contributed by atoms with Crippen LogP contribution in [0.15, 0.2) is 64.7 Å². The summed E-state index contributed by atoms with van der Waals surface area (Å²) in [5, 5.41) is 10.1. The Balaban J connectivity index is 1.42. The van der Waals surface area contributed by atoms with Gasteiger partial charge in [-0.25, -0.2) is 18.4 Å². The first-order valence-corrected chi connectivity index (χ1v) is 17.7. The molecule has 0 amide bonds. The van der Waals surface area contributed by atoms with Crippen LogP contribution in [0.4, 0.5) is 0 Å². The first-order chi connectivity index (χ1) is 22.0. The number of imidazole rings is 1. The van der Waals surface area contributed by atoms with Gasteiger partial charge in [-0.05, 0) is 86.5 Å². The van der Waals surface area contributed by atoms with Crippen LogP contribution in [-0.2, 0) is 16.9 Å². The predicted molar refractivity (Wildman–Crippen MR) is 178 cm³/mol. The zero-order chi connectivity index (χ0) is 32.3. The fourth-order valence-corrected chi connectivity index (χ4v) is 7.61. The lowest BCUT2D eigenvalue weighted by molar-refractivity contribution is 0.137. The van der Waals surface area contributed by atoms with Crippen LogP contribution >= 0.6 is 0 Å². The normalized spacial score (nSPS) is 18.1. The third kappa shape index (κ3) is 5.46. The number of H-pyrrole nitrogens is 1. The molecule has 236 valence electrons. The van der Waals surface area contributed by atoms with E-state index in [1.54, 1.807) is 12.3 Å². The molecule has 1 aliphatic carbocycles. The van der Waals surface area contributed by atoms with E-state index in [1.165, 1.54) is 23.4 Å². The average molecular weight is 636 g/mol. The Morgan fingerprint density at radius 2 is 1.91 bits per heavy atom. The van der Waals surface area contributed by atoms with Crippen LogP contribution in [0.25, 0.3) is 39.2 Å². The molecule has 1 aromatic carbocycles. The highest BCUT2D eigenvalue weighted by Crippen LogP contribution is 2.42. The lowest BCUT2D eigenvalue weighted by Crippen LogP contribution is -2.36. The standard InChI is InChI=1S/C35H37N7O3S/c1-21-6-5-12-41(19-21)22(2)29-17-28-31(46(4,44)45)20-42(35(43)33(28)39-29)32-16-25(15-30(38-32)24-8-9-24)26-10-7-23(18-36)14-27(26)34-37-11-13-40(34)3/h7,10-11,13-17,20-22,24,39H,5-6,8-9,12,19H2,1-4H3/t21-,22?/m0/s1. The summed E-state index contributed by atoms with van der Waals surface area (Å²) in [6, 6.07) is 13.4. The number of pyridine rings is 2. The summed E-state index contributed by atoms with van der Waals surface area (Å²) >= 11 is 0. The minimum Gasteiger partial charge on any atom is -0.353 e. The second-order valence-corrected chi connectivity index (χ2v) is 15.0. The van der Waals surface area contributed by atoms with Crippen molar-refractivity contribution in [1.29, 1.82) is 5.26 Å². The summed E-state index contributed by atoms with van der Waals surface area (Å²) in [4.78, 5) is 29.5.